The van der Waals surface area contributed by atoms with Crippen LogP contribution < -0.4 is 0 Å². The highest BCUT2D eigenvalue weighted by Gasteiger charge is 2.30. The van der Waals surface area contributed by atoms with Crippen LogP contribution in [-0.4, -0.2) is 64.3 Å². The Kier molecular flexibility index (Phi) is 5.51. The van der Waals surface area contributed by atoms with E-state index in [0.29, 0.717) is 0 Å². The molecule has 2 aliphatic heterocycles. The zero-order valence-corrected chi connectivity index (χ0v) is 13.4. The molecule has 0 amide bonds. The van der Waals surface area contributed by atoms with Gasteiger partial charge in [0.2, 0.25) is 0 Å². The van der Waals surface area contributed by atoms with E-state index in [1.807, 2.05) is 0 Å². The lowest BCUT2D eigenvalue weighted by Crippen LogP contribution is -2.53. The van der Waals surface area contributed by atoms with Crippen molar-refractivity contribution in [2.75, 3.05) is 39.3 Å². The first kappa shape index (κ1) is 14.0. The van der Waals surface area contributed by atoms with Crippen LogP contribution in [0, 0.1) is 0 Å². The summed E-state index contributed by atoms with van der Waals surface area (Å²) in [5, 5.41) is 0. The summed E-state index contributed by atoms with van der Waals surface area (Å²) in [6.07, 6.45) is 4.05. The van der Waals surface area contributed by atoms with Crippen molar-refractivity contribution in [2.45, 2.75) is 45.2 Å². The number of piperidine rings is 1. The van der Waals surface area contributed by atoms with Crippen LogP contribution in [0.4, 0.5) is 0 Å². The fourth-order valence-electron chi connectivity index (χ4n) is 3.21. The van der Waals surface area contributed by atoms with E-state index in [1.165, 1.54) is 58.5 Å². The van der Waals surface area contributed by atoms with Gasteiger partial charge in [0.15, 0.2) is 0 Å². The third kappa shape index (κ3) is 3.78. The first-order valence-corrected chi connectivity index (χ1v) is 8.06. The van der Waals surface area contributed by atoms with E-state index in [2.05, 4.69) is 49.6 Å². The molecule has 0 radical (unpaired) electrons. The van der Waals surface area contributed by atoms with Gasteiger partial charge in [0.25, 0.3) is 0 Å². The number of piperazine rings is 1. The monoisotopic (exact) mass is 351 g/mol. The molecule has 4 heteroatoms. The Labute approximate surface area is 120 Å². The fraction of sp³-hybridized carbons (Fsp3) is 1.00. The van der Waals surface area contributed by atoms with E-state index in [9.17, 15) is 0 Å². The van der Waals surface area contributed by atoms with Crippen LogP contribution in [0.2, 0.25) is 0 Å². The second-order valence-electron chi connectivity index (χ2n) is 5.51. The molecule has 3 nitrogen and oxygen atoms in total. The Morgan fingerprint density at radius 2 is 1.82 bits per heavy atom. The Balaban J connectivity index is 1.80. The lowest BCUT2D eigenvalue weighted by atomic mass is 9.96. The smallest absolute Gasteiger partial charge is 0.0209 e. The van der Waals surface area contributed by atoms with Gasteiger partial charge in [-0.25, -0.2) is 3.11 Å². The van der Waals surface area contributed by atoms with E-state index in [4.69, 9.17) is 0 Å². The van der Waals surface area contributed by atoms with Crippen LogP contribution in [-0.2, 0) is 0 Å². The molecule has 100 valence electrons. The minimum absolute atomic E-state index is 0.784. The van der Waals surface area contributed by atoms with Crippen molar-refractivity contribution >= 4 is 22.9 Å². The maximum atomic E-state index is 2.73. The lowest BCUT2D eigenvalue weighted by molar-refractivity contribution is 0.0577. The van der Waals surface area contributed by atoms with Gasteiger partial charge in [0.05, 0.1) is 0 Å². The Bertz CT molecular complexity index is 229. The highest BCUT2D eigenvalue weighted by molar-refractivity contribution is 14.1. The lowest BCUT2D eigenvalue weighted by Gasteiger charge is -2.44. The molecule has 0 N–H and O–H groups in total. The molecule has 2 saturated heterocycles. The number of hydrogen-bond donors (Lipinski definition) is 0. The van der Waals surface area contributed by atoms with Crippen molar-refractivity contribution in [1.82, 2.24) is 12.9 Å². The molecule has 2 aliphatic rings. The summed E-state index contributed by atoms with van der Waals surface area (Å²) in [7, 11) is 0. The molecule has 0 bridgehead atoms. The number of likely N-dealkylation sites (tertiary alicyclic amines) is 1. The van der Waals surface area contributed by atoms with E-state index >= 15 is 0 Å². The van der Waals surface area contributed by atoms with Gasteiger partial charge in [-0.3, -0.25) is 4.90 Å². The van der Waals surface area contributed by atoms with Gasteiger partial charge in [0.1, 0.15) is 0 Å². The highest BCUT2D eigenvalue weighted by atomic mass is 127. The largest absolute Gasteiger partial charge is 0.301 e. The predicted octanol–water partition coefficient (Wildman–Crippen LogP) is 2.22. The molecule has 2 atom stereocenters. The van der Waals surface area contributed by atoms with Crippen LogP contribution in [0.3, 0.4) is 0 Å². The molecule has 0 aromatic carbocycles. The number of halogens is 1. The van der Waals surface area contributed by atoms with Gasteiger partial charge < -0.3 is 4.90 Å². The number of nitrogens with zero attached hydrogens (tertiary/aromatic N) is 3. The average molecular weight is 351 g/mol. The van der Waals surface area contributed by atoms with Gasteiger partial charge in [-0.2, -0.15) is 0 Å². The minimum atomic E-state index is 0.784. The summed E-state index contributed by atoms with van der Waals surface area (Å²) in [4.78, 5) is 5.40. The van der Waals surface area contributed by atoms with Gasteiger partial charge in [0, 0.05) is 61.1 Å². The molecule has 0 aromatic heterocycles. The van der Waals surface area contributed by atoms with Crippen molar-refractivity contribution in [3.05, 3.63) is 0 Å². The first-order chi connectivity index (χ1) is 8.20. The van der Waals surface area contributed by atoms with E-state index in [0.717, 1.165) is 12.1 Å². The SMILES string of the molecule is CCCN1CCC(N2CCN(I)CC2)C[C@@H]1C. The van der Waals surface area contributed by atoms with Crippen LogP contribution in [0.1, 0.15) is 33.1 Å². The molecule has 0 aromatic rings. The third-order valence-electron chi connectivity index (χ3n) is 4.27. The van der Waals surface area contributed by atoms with E-state index < -0.39 is 0 Å². The van der Waals surface area contributed by atoms with Gasteiger partial charge in [-0.05, 0) is 39.3 Å². The second kappa shape index (κ2) is 6.68. The van der Waals surface area contributed by atoms with Gasteiger partial charge in [-0.1, -0.05) is 6.92 Å². The summed E-state index contributed by atoms with van der Waals surface area (Å²) in [6.45, 7) is 12.3. The van der Waals surface area contributed by atoms with Crippen molar-refractivity contribution in [3.63, 3.8) is 0 Å². The van der Waals surface area contributed by atoms with Gasteiger partial charge in [-0.15, -0.1) is 0 Å². The highest BCUT2D eigenvalue weighted by Crippen LogP contribution is 2.23. The Morgan fingerprint density at radius 1 is 1.12 bits per heavy atom. The normalized spacial score (nSPS) is 34.1. The van der Waals surface area contributed by atoms with Crippen LogP contribution in [0.15, 0.2) is 0 Å². The van der Waals surface area contributed by atoms with E-state index in [-0.39, 0.29) is 0 Å². The Morgan fingerprint density at radius 3 is 2.41 bits per heavy atom. The summed E-state index contributed by atoms with van der Waals surface area (Å²) in [6, 6.07) is 1.63. The quantitative estimate of drug-likeness (QED) is 0.570. The number of rotatable bonds is 3. The molecule has 1 unspecified atom stereocenters. The third-order valence-corrected chi connectivity index (χ3v) is 5.24. The molecule has 17 heavy (non-hydrogen) atoms. The maximum absolute atomic E-state index is 2.73. The molecule has 2 fully saturated rings. The summed E-state index contributed by atoms with van der Waals surface area (Å²) < 4.78 is 2.42. The van der Waals surface area contributed by atoms with Crippen molar-refractivity contribution in [2.24, 2.45) is 0 Å². The molecule has 2 rings (SSSR count). The molecular weight excluding hydrogens is 325 g/mol. The summed E-state index contributed by atoms with van der Waals surface area (Å²) >= 11 is 2.45. The van der Waals surface area contributed by atoms with Crippen LogP contribution >= 0.6 is 22.9 Å². The average Bonchev–Trinajstić information content (AvgIpc) is 2.33. The number of hydrogen-bond acceptors (Lipinski definition) is 3. The zero-order valence-electron chi connectivity index (χ0n) is 11.2. The molecular formula is C13H26IN3. The molecule has 2 heterocycles. The minimum Gasteiger partial charge on any atom is -0.301 e. The fourth-order valence-corrected chi connectivity index (χ4v) is 3.64. The Hall–Kier alpha value is 0.610. The van der Waals surface area contributed by atoms with Gasteiger partial charge >= 0.3 is 0 Å². The maximum Gasteiger partial charge on any atom is 0.0209 e. The van der Waals surface area contributed by atoms with Crippen molar-refractivity contribution in [1.29, 1.82) is 0 Å². The van der Waals surface area contributed by atoms with Crippen molar-refractivity contribution in [3.8, 4) is 0 Å². The summed E-state index contributed by atoms with van der Waals surface area (Å²) in [5.41, 5.74) is 0. The van der Waals surface area contributed by atoms with Crippen LogP contribution in [0.5, 0.6) is 0 Å². The molecule has 0 saturated carbocycles. The summed E-state index contributed by atoms with van der Waals surface area (Å²) in [5.74, 6) is 0. The molecule has 0 spiro atoms. The topological polar surface area (TPSA) is 9.72 Å². The standard InChI is InChI=1S/C13H26IN3/c1-3-5-15-6-4-13(11-12(15)2)16-7-9-17(14)10-8-16/h12-13H,3-11H2,1-2H3/t12-,13?/m0/s1. The van der Waals surface area contributed by atoms with Crippen molar-refractivity contribution < 1.29 is 0 Å². The first-order valence-electron chi connectivity index (χ1n) is 7.09. The predicted molar refractivity (Wildman–Crippen MR) is 81.5 cm³/mol. The van der Waals surface area contributed by atoms with E-state index in [1.54, 1.807) is 0 Å². The molecule has 0 aliphatic carbocycles. The van der Waals surface area contributed by atoms with Crippen LogP contribution in [0.25, 0.3) is 0 Å². The zero-order chi connectivity index (χ0) is 12.3. The second-order valence-corrected chi connectivity index (χ2v) is 6.87.